The van der Waals surface area contributed by atoms with Crippen LogP contribution in [0.4, 0.5) is 0 Å². The van der Waals surface area contributed by atoms with E-state index in [0.29, 0.717) is 5.75 Å². The van der Waals surface area contributed by atoms with Gasteiger partial charge in [-0.25, -0.2) is 4.98 Å². The van der Waals surface area contributed by atoms with Gasteiger partial charge in [-0.2, -0.15) is 0 Å². The molecule has 0 radical (unpaired) electrons. The zero-order valence-electron chi connectivity index (χ0n) is 17.2. The minimum Gasteiger partial charge on any atom is -0.342 e. The molecule has 1 aromatic carbocycles. The highest BCUT2D eigenvalue weighted by molar-refractivity contribution is 7.99. The first-order chi connectivity index (χ1) is 13.4. The van der Waals surface area contributed by atoms with Gasteiger partial charge in [-0.15, -0.1) is 0 Å². The van der Waals surface area contributed by atoms with Gasteiger partial charge in [0.15, 0.2) is 5.16 Å². The molecular formula is C21H30N4O2S. The van der Waals surface area contributed by atoms with Gasteiger partial charge in [-0.1, -0.05) is 23.9 Å². The van der Waals surface area contributed by atoms with Crippen molar-refractivity contribution in [3.05, 3.63) is 24.3 Å². The number of amides is 2. The Labute approximate surface area is 171 Å². The summed E-state index contributed by atoms with van der Waals surface area (Å²) in [6.07, 6.45) is 2.17. The van der Waals surface area contributed by atoms with Gasteiger partial charge in [0.1, 0.15) is 6.54 Å². The molecular weight excluding hydrogens is 372 g/mol. The number of fused-ring (bicyclic) bond motifs is 1. The Balaban J connectivity index is 1.82. The van der Waals surface area contributed by atoms with Crippen LogP contribution in [-0.2, 0) is 16.1 Å². The van der Waals surface area contributed by atoms with Crippen molar-refractivity contribution in [1.82, 2.24) is 19.4 Å². The number of rotatable bonds is 7. The lowest BCUT2D eigenvalue weighted by atomic mass is 10.2. The van der Waals surface area contributed by atoms with Crippen LogP contribution in [0.5, 0.6) is 0 Å². The molecule has 0 N–H and O–H groups in total. The van der Waals surface area contributed by atoms with E-state index in [2.05, 4.69) is 0 Å². The number of likely N-dealkylation sites (tertiary alicyclic amines) is 1. The molecule has 0 spiro atoms. The zero-order chi connectivity index (χ0) is 20.3. The van der Waals surface area contributed by atoms with Crippen LogP contribution < -0.4 is 0 Å². The average Bonchev–Trinajstić information content (AvgIpc) is 3.28. The molecule has 1 aromatic heterocycles. The topological polar surface area (TPSA) is 58.4 Å². The zero-order valence-corrected chi connectivity index (χ0v) is 18.0. The molecule has 6 nitrogen and oxygen atoms in total. The Morgan fingerprint density at radius 1 is 1.11 bits per heavy atom. The standard InChI is InChI=1S/C21H30N4O2S/c1-15(2)25(16(3)4)19(26)13-24-18-10-6-5-9-17(18)22-21(24)28-14-20(27)23-11-7-8-12-23/h5-6,9-10,15-16H,7-8,11-14H2,1-4H3. The van der Waals surface area contributed by atoms with E-state index in [0.717, 1.165) is 42.1 Å². The number of imidazole rings is 1. The Morgan fingerprint density at radius 3 is 2.39 bits per heavy atom. The monoisotopic (exact) mass is 402 g/mol. The molecule has 0 aliphatic carbocycles. The van der Waals surface area contributed by atoms with Gasteiger partial charge in [-0.3, -0.25) is 9.59 Å². The average molecular weight is 403 g/mol. The summed E-state index contributed by atoms with van der Waals surface area (Å²) in [5.41, 5.74) is 1.78. The highest BCUT2D eigenvalue weighted by Crippen LogP contribution is 2.25. The van der Waals surface area contributed by atoms with Crippen LogP contribution >= 0.6 is 11.8 Å². The van der Waals surface area contributed by atoms with Crippen molar-refractivity contribution >= 4 is 34.6 Å². The molecule has 1 aliphatic rings. The molecule has 7 heteroatoms. The van der Waals surface area contributed by atoms with Gasteiger partial charge in [0.25, 0.3) is 0 Å². The highest BCUT2D eigenvalue weighted by Gasteiger charge is 2.24. The number of carbonyl (C=O) groups excluding carboxylic acids is 2. The third-order valence-corrected chi connectivity index (χ3v) is 6.06. The summed E-state index contributed by atoms with van der Waals surface area (Å²) in [4.78, 5) is 34.0. The molecule has 0 atom stereocenters. The summed E-state index contributed by atoms with van der Waals surface area (Å²) in [6, 6.07) is 8.10. The van der Waals surface area contributed by atoms with Crippen molar-refractivity contribution in [3.63, 3.8) is 0 Å². The second-order valence-electron chi connectivity index (χ2n) is 7.83. The minimum atomic E-state index is 0.0703. The number of hydrogen-bond acceptors (Lipinski definition) is 4. The maximum atomic E-state index is 13.0. The fourth-order valence-corrected chi connectivity index (χ4v) is 4.81. The lowest BCUT2D eigenvalue weighted by Gasteiger charge is -2.31. The van der Waals surface area contributed by atoms with Crippen LogP contribution in [0.3, 0.4) is 0 Å². The normalized spacial score (nSPS) is 14.4. The van der Waals surface area contributed by atoms with Crippen molar-refractivity contribution in [2.24, 2.45) is 0 Å². The van der Waals surface area contributed by atoms with E-state index in [4.69, 9.17) is 4.98 Å². The highest BCUT2D eigenvalue weighted by atomic mass is 32.2. The van der Waals surface area contributed by atoms with Crippen molar-refractivity contribution < 1.29 is 9.59 Å². The van der Waals surface area contributed by atoms with Gasteiger partial charge in [0, 0.05) is 25.2 Å². The number of hydrogen-bond donors (Lipinski definition) is 0. The first-order valence-electron chi connectivity index (χ1n) is 10.1. The van der Waals surface area contributed by atoms with Crippen molar-refractivity contribution in [1.29, 1.82) is 0 Å². The predicted molar refractivity (Wildman–Crippen MR) is 113 cm³/mol. The van der Waals surface area contributed by atoms with E-state index in [1.54, 1.807) is 0 Å². The van der Waals surface area contributed by atoms with Crippen molar-refractivity contribution in [2.75, 3.05) is 18.8 Å². The molecule has 152 valence electrons. The molecule has 1 aliphatic heterocycles. The van der Waals surface area contributed by atoms with Crippen LogP contribution in [0.25, 0.3) is 11.0 Å². The number of para-hydroxylation sites is 2. The number of nitrogens with zero attached hydrogens (tertiary/aromatic N) is 4. The second-order valence-corrected chi connectivity index (χ2v) is 8.78. The van der Waals surface area contributed by atoms with E-state index < -0.39 is 0 Å². The van der Waals surface area contributed by atoms with Crippen molar-refractivity contribution in [3.8, 4) is 0 Å². The van der Waals surface area contributed by atoms with Crippen molar-refractivity contribution in [2.45, 2.75) is 64.3 Å². The summed E-state index contributed by atoms with van der Waals surface area (Å²) < 4.78 is 1.96. The van der Waals surface area contributed by atoms with Gasteiger partial charge >= 0.3 is 0 Å². The third-order valence-electron chi connectivity index (χ3n) is 5.10. The quantitative estimate of drug-likeness (QED) is 0.666. The Kier molecular flexibility index (Phi) is 6.65. The lowest BCUT2D eigenvalue weighted by Crippen LogP contribution is -2.43. The SMILES string of the molecule is CC(C)N(C(=O)Cn1c(SCC(=O)N2CCCC2)nc2ccccc21)C(C)C. The number of thioether (sulfide) groups is 1. The van der Waals surface area contributed by atoms with Crippen LogP contribution in [0.15, 0.2) is 29.4 Å². The van der Waals surface area contributed by atoms with E-state index in [9.17, 15) is 9.59 Å². The maximum absolute atomic E-state index is 13.0. The molecule has 28 heavy (non-hydrogen) atoms. The first-order valence-corrected chi connectivity index (χ1v) is 11.0. The summed E-state index contributed by atoms with van der Waals surface area (Å²) in [7, 11) is 0. The minimum absolute atomic E-state index is 0.0703. The Bertz CT molecular complexity index is 832. The van der Waals surface area contributed by atoms with Crippen LogP contribution in [-0.4, -0.2) is 62.1 Å². The summed E-state index contributed by atoms with van der Waals surface area (Å²) in [5, 5.41) is 0.731. The first kappa shape index (κ1) is 20.7. The molecule has 0 saturated carbocycles. The smallest absolute Gasteiger partial charge is 0.243 e. The van der Waals surface area contributed by atoms with E-state index in [-0.39, 0.29) is 30.4 Å². The van der Waals surface area contributed by atoms with Gasteiger partial charge in [0.2, 0.25) is 11.8 Å². The van der Waals surface area contributed by atoms with E-state index >= 15 is 0 Å². The summed E-state index contributed by atoms with van der Waals surface area (Å²) in [6.45, 7) is 10.1. The van der Waals surface area contributed by atoms with Crippen LogP contribution in [0.2, 0.25) is 0 Å². The molecule has 0 bridgehead atoms. The Morgan fingerprint density at radius 2 is 1.75 bits per heavy atom. The second kappa shape index (κ2) is 8.99. The van der Waals surface area contributed by atoms with E-state index in [1.807, 2.05) is 66.3 Å². The maximum Gasteiger partial charge on any atom is 0.243 e. The third kappa shape index (κ3) is 4.51. The van der Waals surface area contributed by atoms with E-state index in [1.165, 1.54) is 11.8 Å². The summed E-state index contributed by atoms with van der Waals surface area (Å²) >= 11 is 1.43. The van der Waals surface area contributed by atoms with Gasteiger partial charge < -0.3 is 14.4 Å². The fraction of sp³-hybridized carbons (Fsp3) is 0.571. The molecule has 2 amide bonds. The molecule has 1 fully saturated rings. The largest absolute Gasteiger partial charge is 0.342 e. The molecule has 2 heterocycles. The molecule has 1 saturated heterocycles. The number of aromatic nitrogens is 2. The summed E-state index contributed by atoms with van der Waals surface area (Å²) in [5.74, 6) is 0.578. The van der Waals surface area contributed by atoms with Crippen LogP contribution in [0.1, 0.15) is 40.5 Å². The van der Waals surface area contributed by atoms with Gasteiger partial charge in [0.05, 0.1) is 16.8 Å². The number of carbonyl (C=O) groups is 2. The fourth-order valence-electron chi connectivity index (χ4n) is 3.89. The predicted octanol–water partition coefficient (Wildman–Crippen LogP) is 3.40. The molecule has 0 unspecified atom stereocenters. The number of benzene rings is 1. The lowest BCUT2D eigenvalue weighted by molar-refractivity contribution is -0.135. The van der Waals surface area contributed by atoms with Gasteiger partial charge in [-0.05, 0) is 52.7 Å². The molecule has 2 aromatic rings. The molecule has 3 rings (SSSR count). The van der Waals surface area contributed by atoms with Crippen LogP contribution in [0, 0.1) is 0 Å². The Hall–Kier alpha value is -2.02.